The molecular formula is C30H31ClF3N9O2. The van der Waals surface area contributed by atoms with Gasteiger partial charge in [0, 0.05) is 60.5 Å². The largest absolute Gasteiger partial charge is 0.392 e. The quantitative estimate of drug-likeness (QED) is 0.223. The summed E-state index contributed by atoms with van der Waals surface area (Å²) in [6.45, 7) is 3.55. The third-order valence-electron chi connectivity index (χ3n) is 8.38. The first-order valence-electron chi connectivity index (χ1n) is 14.6. The number of carbonyl (C=O) groups is 1. The summed E-state index contributed by atoms with van der Waals surface area (Å²) in [6.07, 6.45) is 9.45. The SMILES string of the molecule is CC(c1cnc(N2CC[C@H]2CN[C@@H]2CCC[C@H]2O)nc1)n1cc(NC(=O)c2cncc(-c3c(C(F)F)ccc(Cl)c3F)n2)cn1. The van der Waals surface area contributed by atoms with Gasteiger partial charge in [0.25, 0.3) is 12.3 Å². The van der Waals surface area contributed by atoms with Gasteiger partial charge in [0.15, 0.2) is 5.82 Å². The summed E-state index contributed by atoms with van der Waals surface area (Å²) in [7, 11) is 0. The Labute approximate surface area is 261 Å². The highest BCUT2D eigenvalue weighted by atomic mass is 35.5. The zero-order valence-corrected chi connectivity index (χ0v) is 25.0. The van der Waals surface area contributed by atoms with Gasteiger partial charge in [-0.1, -0.05) is 17.7 Å². The number of alkyl halides is 2. The molecule has 4 aromatic rings. The normalized spacial score (nSPS) is 20.3. The maximum absolute atomic E-state index is 14.7. The molecule has 0 bridgehead atoms. The molecule has 3 aromatic heterocycles. The fourth-order valence-electron chi connectivity index (χ4n) is 5.64. The van der Waals surface area contributed by atoms with Gasteiger partial charge in [-0.2, -0.15) is 5.10 Å². The van der Waals surface area contributed by atoms with Crippen LogP contribution < -0.4 is 15.5 Å². The molecule has 3 N–H and O–H groups in total. The van der Waals surface area contributed by atoms with E-state index in [9.17, 15) is 23.1 Å². The lowest BCUT2D eigenvalue weighted by atomic mass is 10.0. The fraction of sp³-hybridized carbons (Fsp3) is 0.400. The highest BCUT2D eigenvalue weighted by Crippen LogP contribution is 2.35. The van der Waals surface area contributed by atoms with Crippen LogP contribution in [-0.2, 0) is 0 Å². The summed E-state index contributed by atoms with van der Waals surface area (Å²) in [6, 6.07) is 2.22. The molecule has 1 unspecified atom stereocenters. The molecule has 2 fully saturated rings. The molecule has 0 spiro atoms. The molecule has 1 saturated heterocycles. The standard InChI is InChI=1S/C30H31ClF3N9O2/c1-16(17-9-37-30(38-10-17)42-8-7-19(42)12-36-22-3-2-4-25(22)44)43-15-18(11-39-43)40-29(45)24-14-35-13-23(41-24)26-20(28(33)34)5-6-21(31)27(26)32/h5-6,9-11,13-16,19,22,25,28,36,44H,2-4,7-8,12H2,1H3,(H,40,45)/t16?,19-,22+,25+/m0/s1. The van der Waals surface area contributed by atoms with Crippen LogP contribution in [0.2, 0.25) is 5.02 Å². The zero-order valence-electron chi connectivity index (χ0n) is 24.2. The van der Waals surface area contributed by atoms with Crippen LogP contribution in [0.25, 0.3) is 11.3 Å². The van der Waals surface area contributed by atoms with Gasteiger partial charge in [0.2, 0.25) is 5.95 Å². The summed E-state index contributed by atoms with van der Waals surface area (Å²) < 4.78 is 43.5. The maximum Gasteiger partial charge on any atom is 0.275 e. The number of anilines is 2. The molecule has 15 heteroatoms. The van der Waals surface area contributed by atoms with Crippen molar-refractivity contribution < 1.29 is 23.1 Å². The molecule has 11 nitrogen and oxygen atoms in total. The van der Waals surface area contributed by atoms with Gasteiger partial charge in [0.05, 0.1) is 47.1 Å². The van der Waals surface area contributed by atoms with Crippen molar-refractivity contribution >= 4 is 29.1 Å². The number of carbonyl (C=O) groups excluding carboxylic acids is 1. The minimum atomic E-state index is -2.99. The minimum absolute atomic E-state index is 0.151. The van der Waals surface area contributed by atoms with Crippen LogP contribution in [0.3, 0.4) is 0 Å². The highest BCUT2D eigenvalue weighted by Gasteiger charge is 2.32. The predicted molar refractivity (Wildman–Crippen MR) is 161 cm³/mol. The number of hydrogen-bond donors (Lipinski definition) is 3. The molecule has 1 aliphatic heterocycles. The number of aliphatic hydroxyl groups excluding tert-OH is 1. The van der Waals surface area contributed by atoms with Gasteiger partial charge in [-0.05, 0) is 38.7 Å². The zero-order chi connectivity index (χ0) is 31.7. The second-order valence-electron chi connectivity index (χ2n) is 11.2. The molecule has 1 saturated carbocycles. The van der Waals surface area contributed by atoms with E-state index in [2.05, 4.69) is 40.6 Å². The summed E-state index contributed by atoms with van der Waals surface area (Å²) in [4.78, 5) is 32.2. The number of nitrogens with one attached hydrogen (secondary N) is 2. The predicted octanol–water partition coefficient (Wildman–Crippen LogP) is 4.80. The van der Waals surface area contributed by atoms with E-state index in [0.29, 0.717) is 11.6 Å². The lowest BCUT2D eigenvalue weighted by molar-refractivity contribution is 0.102. The van der Waals surface area contributed by atoms with Crippen molar-refractivity contribution in [2.45, 2.75) is 63.3 Å². The second-order valence-corrected chi connectivity index (χ2v) is 11.6. The number of benzene rings is 1. The monoisotopic (exact) mass is 641 g/mol. The van der Waals surface area contributed by atoms with Crippen molar-refractivity contribution in [1.82, 2.24) is 35.0 Å². The lowest BCUT2D eigenvalue weighted by Gasteiger charge is -2.41. The van der Waals surface area contributed by atoms with Crippen LogP contribution in [0.15, 0.2) is 49.3 Å². The molecule has 4 atom stereocenters. The Bertz CT molecular complexity index is 1670. The van der Waals surface area contributed by atoms with Crippen LogP contribution in [-0.4, -0.2) is 72.0 Å². The second kappa shape index (κ2) is 13.1. The number of nitrogens with zero attached hydrogens (tertiary/aromatic N) is 7. The lowest BCUT2D eigenvalue weighted by Crippen LogP contribution is -2.55. The van der Waals surface area contributed by atoms with Gasteiger partial charge in [-0.3, -0.25) is 14.5 Å². The van der Waals surface area contributed by atoms with Crippen molar-refractivity contribution in [1.29, 1.82) is 0 Å². The van der Waals surface area contributed by atoms with Gasteiger partial charge in [-0.15, -0.1) is 0 Å². The average Bonchev–Trinajstić information content (AvgIpc) is 3.66. The van der Waals surface area contributed by atoms with E-state index in [1.54, 1.807) is 23.3 Å². The first-order chi connectivity index (χ1) is 21.7. The topological polar surface area (TPSA) is 134 Å². The summed E-state index contributed by atoms with van der Waals surface area (Å²) >= 11 is 5.82. The van der Waals surface area contributed by atoms with E-state index in [0.717, 1.165) is 68.9 Å². The molecule has 1 aliphatic carbocycles. The Morgan fingerprint density at radius 2 is 1.93 bits per heavy atom. The molecule has 236 valence electrons. The van der Waals surface area contributed by atoms with Crippen molar-refractivity contribution in [2.75, 3.05) is 23.3 Å². The Morgan fingerprint density at radius 3 is 2.62 bits per heavy atom. The van der Waals surface area contributed by atoms with Crippen molar-refractivity contribution in [3.8, 4) is 11.3 Å². The summed E-state index contributed by atoms with van der Waals surface area (Å²) in [5, 5.41) is 20.2. The van der Waals surface area contributed by atoms with E-state index in [1.807, 2.05) is 6.92 Å². The molecule has 45 heavy (non-hydrogen) atoms. The van der Waals surface area contributed by atoms with E-state index < -0.39 is 29.3 Å². The van der Waals surface area contributed by atoms with Crippen molar-refractivity contribution in [2.24, 2.45) is 0 Å². The number of aliphatic hydroxyl groups is 1. The van der Waals surface area contributed by atoms with Gasteiger partial charge < -0.3 is 20.6 Å². The summed E-state index contributed by atoms with van der Waals surface area (Å²) in [5.41, 5.74) is -0.435. The van der Waals surface area contributed by atoms with Gasteiger partial charge in [-0.25, -0.2) is 28.1 Å². The molecular weight excluding hydrogens is 611 g/mol. The molecule has 0 radical (unpaired) electrons. The Hall–Kier alpha value is -4.14. The maximum atomic E-state index is 14.7. The van der Waals surface area contributed by atoms with Crippen molar-refractivity contribution in [3.05, 3.63) is 77.0 Å². The van der Waals surface area contributed by atoms with Crippen LogP contribution in [0.1, 0.15) is 66.7 Å². The van der Waals surface area contributed by atoms with Crippen LogP contribution >= 0.6 is 11.6 Å². The van der Waals surface area contributed by atoms with Gasteiger partial charge in [0.1, 0.15) is 5.69 Å². The fourth-order valence-corrected chi connectivity index (χ4v) is 5.80. The first-order valence-corrected chi connectivity index (χ1v) is 15.0. The Morgan fingerprint density at radius 1 is 1.13 bits per heavy atom. The molecule has 4 heterocycles. The third kappa shape index (κ3) is 6.49. The molecule has 1 aromatic carbocycles. The Balaban J connectivity index is 1.09. The van der Waals surface area contributed by atoms with Gasteiger partial charge >= 0.3 is 0 Å². The number of amides is 1. The average molecular weight is 642 g/mol. The van der Waals surface area contributed by atoms with E-state index in [-0.39, 0.29) is 40.6 Å². The minimum Gasteiger partial charge on any atom is -0.392 e. The number of halogens is 4. The Kier molecular flexibility index (Phi) is 8.97. The van der Waals surface area contributed by atoms with E-state index in [4.69, 9.17) is 11.6 Å². The number of rotatable bonds is 10. The van der Waals surface area contributed by atoms with Crippen LogP contribution in [0.4, 0.5) is 24.8 Å². The smallest absolute Gasteiger partial charge is 0.275 e. The molecule has 2 aliphatic rings. The number of aromatic nitrogens is 6. The summed E-state index contributed by atoms with van der Waals surface area (Å²) in [5.74, 6) is -1.12. The van der Waals surface area contributed by atoms with Crippen molar-refractivity contribution in [3.63, 3.8) is 0 Å². The van der Waals surface area contributed by atoms with E-state index >= 15 is 0 Å². The first kappa shape index (κ1) is 30.9. The molecule has 6 rings (SSSR count). The van der Waals surface area contributed by atoms with E-state index in [1.165, 1.54) is 6.20 Å². The number of hydrogen-bond acceptors (Lipinski definition) is 9. The highest BCUT2D eigenvalue weighted by molar-refractivity contribution is 6.31. The molecule has 1 amide bonds. The third-order valence-corrected chi connectivity index (χ3v) is 8.67. The van der Waals surface area contributed by atoms with Crippen LogP contribution in [0, 0.1) is 5.82 Å². The van der Waals surface area contributed by atoms with Crippen LogP contribution in [0.5, 0.6) is 0 Å².